The highest BCUT2D eigenvalue weighted by molar-refractivity contribution is 9.10. The molecule has 18 heavy (non-hydrogen) atoms. The molecule has 1 N–H and O–H groups in total. The second-order valence-corrected chi connectivity index (χ2v) is 5.15. The monoisotopic (exact) mass is 306 g/mol. The van der Waals surface area contributed by atoms with E-state index in [9.17, 15) is 4.79 Å². The molecule has 3 nitrogen and oxygen atoms in total. The molecule has 1 aromatic carbocycles. The molecule has 0 unspecified atom stereocenters. The fraction of sp³-hybridized carbons (Fsp3) is 0.286. The first-order valence-corrected chi connectivity index (χ1v) is 6.68. The van der Waals surface area contributed by atoms with Crippen molar-refractivity contribution < 1.29 is 0 Å². The van der Waals surface area contributed by atoms with Crippen molar-refractivity contribution in [2.75, 3.05) is 0 Å². The van der Waals surface area contributed by atoms with Gasteiger partial charge in [0.1, 0.15) is 5.82 Å². The van der Waals surface area contributed by atoms with E-state index in [0.29, 0.717) is 12.2 Å². The molecular formula is C14H15BrN2O. The third-order valence-electron chi connectivity index (χ3n) is 3.02. The summed E-state index contributed by atoms with van der Waals surface area (Å²) >= 11 is 3.49. The molecule has 0 bridgehead atoms. The average molecular weight is 307 g/mol. The number of hydrogen-bond acceptors (Lipinski definition) is 2. The lowest BCUT2D eigenvalue weighted by atomic mass is 10.1. The van der Waals surface area contributed by atoms with Gasteiger partial charge in [0.2, 0.25) is 0 Å². The minimum atomic E-state index is -0.0447. The fourth-order valence-electron chi connectivity index (χ4n) is 1.90. The third-order valence-corrected chi connectivity index (χ3v) is 3.88. The molecule has 0 saturated heterocycles. The molecular weight excluding hydrogens is 292 g/mol. The van der Waals surface area contributed by atoms with Crippen molar-refractivity contribution in [2.24, 2.45) is 0 Å². The molecule has 0 radical (unpaired) electrons. The van der Waals surface area contributed by atoms with Crippen LogP contribution in [-0.2, 0) is 6.42 Å². The highest BCUT2D eigenvalue weighted by Crippen LogP contribution is 2.23. The van der Waals surface area contributed by atoms with Gasteiger partial charge in [-0.05, 0) is 31.9 Å². The predicted octanol–water partition coefficient (Wildman–Crippen LogP) is 3.38. The Bertz CT molecular complexity index is 647. The molecule has 2 aromatic rings. The van der Waals surface area contributed by atoms with Gasteiger partial charge in [0.25, 0.3) is 5.56 Å². The largest absolute Gasteiger partial charge is 0.306 e. The second kappa shape index (κ2) is 5.06. The van der Waals surface area contributed by atoms with Crippen LogP contribution in [-0.4, -0.2) is 9.97 Å². The lowest BCUT2D eigenvalue weighted by Crippen LogP contribution is -2.16. The Hall–Kier alpha value is -1.42. The number of aryl methyl sites for hydroxylation is 2. The Labute approximate surface area is 114 Å². The first kappa shape index (κ1) is 13.0. The molecule has 0 atom stereocenters. The van der Waals surface area contributed by atoms with E-state index in [4.69, 9.17) is 0 Å². The van der Waals surface area contributed by atoms with Crippen LogP contribution in [0.2, 0.25) is 0 Å². The van der Waals surface area contributed by atoms with Crippen molar-refractivity contribution in [3.05, 3.63) is 49.8 Å². The van der Waals surface area contributed by atoms with Crippen LogP contribution in [0.3, 0.4) is 0 Å². The standard InChI is InChI=1S/C14H15BrN2O/c1-4-11-9(3)16-13(17-14(11)18)10-6-5-8(2)12(15)7-10/h5-7H,4H2,1-3H3,(H,16,17,18). The summed E-state index contributed by atoms with van der Waals surface area (Å²) in [5.74, 6) is 0.621. The Kier molecular flexibility index (Phi) is 3.66. The number of aromatic nitrogens is 2. The summed E-state index contributed by atoms with van der Waals surface area (Å²) in [4.78, 5) is 19.2. The Morgan fingerprint density at radius 3 is 2.61 bits per heavy atom. The van der Waals surface area contributed by atoms with Gasteiger partial charge in [-0.1, -0.05) is 35.0 Å². The van der Waals surface area contributed by atoms with Crippen LogP contribution in [0.1, 0.15) is 23.7 Å². The predicted molar refractivity (Wildman–Crippen MR) is 76.8 cm³/mol. The normalized spacial score (nSPS) is 10.7. The lowest BCUT2D eigenvalue weighted by molar-refractivity contribution is 0.967. The van der Waals surface area contributed by atoms with E-state index >= 15 is 0 Å². The third kappa shape index (κ3) is 2.38. The van der Waals surface area contributed by atoms with Gasteiger partial charge in [-0.2, -0.15) is 0 Å². The van der Waals surface area contributed by atoms with Crippen LogP contribution in [0.15, 0.2) is 27.5 Å². The van der Waals surface area contributed by atoms with Gasteiger partial charge < -0.3 is 4.98 Å². The molecule has 0 fully saturated rings. The van der Waals surface area contributed by atoms with Gasteiger partial charge in [-0.3, -0.25) is 4.79 Å². The van der Waals surface area contributed by atoms with Crippen LogP contribution in [0, 0.1) is 13.8 Å². The maximum atomic E-state index is 11.9. The van der Waals surface area contributed by atoms with Crippen molar-refractivity contribution in [2.45, 2.75) is 27.2 Å². The number of halogens is 1. The van der Waals surface area contributed by atoms with Crippen molar-refractivity contribution in [3.63, 3.8) is 0 Å². The highest BCUT2D eigenvalue weighted by atomic mass is 79.9. The SMILES string of the molecule is CCc1c(C)nc(-c2ccc(C)c(Br)c2)[nH]c1=O. The summed E-state index contributed by atoms with van der Waals surface area (Å²) in [5.41, 5.74) is 3.58. The van der Waals surface area contributed by atoms with E-state index in [1.54, 1.807) is 0 Å². The molecule has 4 heteroatoms. The van der Waals surface area contributed by atoms with E-state index in [1.165, 1.54) is 0 Å². The highest BCUT2D eigenvalue weighted by Gasteiger charge is 2.08. The van der Waals surface area contributed by atoms with Crippen molar-refractivity contribution in [3.8, 4) is 11.4 Å². The van der Waals surface area contributed by atoms with Crippen LogP contribution >= 0.6 is 15.9 Å². The van der Waals surface area contributed by atoms with Crippen LogP contribution < -0.4 is 5.56 Å². The lowest BCUT2D eigenvalue weighted by Gasteiger charge is -2.07. The maximum absolute atomic E-state index is 11.9. The maximum Gasteiger partial charge on any atom is 0.254 e. The molecule has 0 aliphatic carbocycles. The van der Waals surface area contributed by atoms with Gasteiger partial charge in [-0.25, -0.2) is 4.98 Å². The van der Waals surface area contributed by atoms with E-state index in [0.717, 1.165) is 26.9 Å². The summed E-state index contributed by atoms with van der Waals surface area (Å²) in [6, 6.07) is 5.94. The minimum absolute atomic E-state index is 0.0447. The first-order chi connectivity index (χ1) is 8.52. The molecule has 0 saturated carbocycles. The number of H-pyrrole nitrogens is 1. The van der Waals surface area contributed by atoms with Gasteiger partial charge in [0, 0.05) is 21.3 Å². The molecule has 0 spiro atoms. The average Bonchev–Trinajstić information content (AvgIpc) is 2.32. The molecule has 1 heterocycles. The van der Waals surface area contributed by atoms with E-state index in [1.807, 2.05) is 39.0 Å². The zero-order chi connectivity index (χ0) is 13.3. The number of hydrogen-bond donors (Lipinski definition) is 1. The summed E-state index contributed by atoms with van der Waals surface area (Å²) in [6.07, 6.45) is 0.700. The molecule has 2 rings (SSSR count). The van der Waals surface area contributed by atoms with E-state index in [-0.39, 0.29) is 5.56 Å². The van der Waals surface area contributed by atoms with Gasteiger partial charge in [-0.15, -0.1) is 0 Å². The first-order valence-electron chi connectivity index (χ1n) is 5.89. The zero-order valence-corrected chi connectivity index (χ0v) is 12.3. The zero-order valence-electron chi connectivity index (χ0n) is 10.7. The van der Waals surface area contributed by atoms with E-state index < -0.39 is 0 Å². The van der Waals surface area contributed by atoms with Gasteiger partial charge in [0.05, 0.1) is 0 Å². The molecule has 0 amide bonds. The van der Waals surface area contributed by atoms with Gasteiger partial charge >= 0.3 is 0 Å². The topological polar surface area (TPSA) is 45.8 Å². The Morgan fingerprint density at radius 2 is 2.06 bits per heavy atom. The number of benzene rings is 1. The molecule has 94 valence electrons. The number of nitrogens with zero attached hydrogens (tertiary/aromatic N) is 1. The summed E-state index contributed by atoms with van der Waals surface area (Å²) in [6.45, 7) is 5.86. The van der Waals surface area contributed by atoms with Crippen LogP contribution in [0.4, 0.5) is 0 Å². The number of aromatic amines is 1. The van der Waals surface area contributed by atoms with Crippen molar-refractivity contribution in [1.82, 2.24) is 9.97 Å². The van der Waals surface area contributed by atoms with Crippen LogP contribution in [0.25, 0.3) is 11.4 Å². The Morgan fingerprint density at radius 1 is 1.33 bits per heavy atom. The second-order valence-electron chi connectivity index (χ2n) is 4.30. The smallest absolute Gasteiger partial charge is 0.254 e. The summed E-state index contributed by atoms with van der Waals surface area (Å²) in [5, 5.41) is 0. The quantitative estimate of drug-likeness (QED) is 0.924. The molecule has 0 aliphatic heterocycles. The van der Waals surface area contributed by atoms with E-state index in [2.05, 4.69) is 25.9 Å². The molecule has 1 aromatic heterocycles. The van der Waals surface area contributed by atoms with Crippen molar-refractivity contribution in [1.29, 1.82) is 0 Å². The van der Waals surface area contributed by atoms with Crippen molar-refractivity contribution >= 4 is 15.9 Å². The summed E-state index contributed by atoms with van der Waals surface area (Å²) < 4.78 is 1.01. The Balaban J connectivity index is 2.58. The molecule has 0 aliphatic rings. The number of nitrogens with one attached hydrogen (secondary N) is 1. The summed E-state index contributed by atoms with van der Waals surface area (Å²) in [7, 11) is 0. The number of rotatable bonds is 2. The minimum Gasteiger partial charge on any atom is -0.306 e. The van der Waals surface area contributed by atoms with Gasteiger partial charge in [0.15, 0.2) is 0 Å². The fourth-order valence-corrected chi connectivity index (χ4v) is 2.28. The van der Waals surface area contributed by atoms with Crippen LogP contribution in [0.5, 0.6) is 0 Å².